The van der Waals surface area contributed by atoms with Crippen molar-refractivity contribution in [3.63, 3.8) is 0 Å². The van der Waals surface area contributed by atoms with E-state index in [0.717, 1.165) is 19.4 Å². The molecule has 2 atom stereocenters. The SMILES string of the molecule is CC(C)C(CNCC1CCCS1(=O)=O)c1ccccc1. The molecule has 3 nitrogen and oxygen atoms in total. The van der Waals surface area contributed by atoms with Crippen LogP contribution >= 0.6 is 0 Å². The molecule has 20 heavy (non-hydrogen) atoms. The third kappa shape index (κ3) is 3.83. The van der Waals surface area contributed by atoms with Crippen LogP contribution in [0, 0.1) is 5.92 Å². The zero-order valence-electron chi connectivity index (χ0n) is 12.4. The van der Waals surface area contributed by atoms with Gasteiger partial charge in [-0.2, -0.15) is 0 Å². The molecule has 0 bridgehead atoms. The zero-order valence-corrected chi connectivity index (χ0v) is 13.2. The van der Waals surface area contributed by atoms with E-state index in [2.05, 4.69) is 43.4 Å². The molecule has 1 heterocycles. The van der Waals surface area contributed by atoms with E-state index in [1.807, 2.05) is 6.07 Å². The Morgan fingerprint density at radius 1 is 1.25 bits per heavy atom. The number of sulfone groups is 1. The molecule has 0 aliphatic carbocycles. The summed E-state index contributed by atoms with van der Waals surface area (Å²) in [6, 6.07) is 10.5. The van der Waals surface area contributed by atoms with Gasteiger partial charge >= 0.3 is 0 Å². The molecular weight excluding hydrogens is 270 g/mol. The van der Waals surface area contributed by atoms with Crippen LogP contribution in [0.15, 0.2) is 30.3 Å². The van der Waals surface area contributed by atoms with E-state index in [0.29, 0.717) is 24.1 Å². The quantitative estimate of drug-likeness (QED) is 0.877. The van der Waals surface area contributed by atoms with Crippen LogP contribution in [-0.4, -0.2) is 32.5 Å². The lowest BCUT2D eigenvalue weighted by molar-refractivity contribution is 0.458. The Hall–Kier alpha value is -0.870. The van der Waals surface area contributed by atoms with Gasteiger partial charge in [0.25, 0.3) is 0 Å². The normalized spacial score (nSPS) is 23.1. The van der Waals surface area contributed by atoms with E-state index >= 15 is 0 Å². The van der Waals surface area contributed by atoms with E-state index in [1.165, 1.54) is 5.56 Å². The number of nitrogens with one attached hydrogen (secondary N) is 1. The Morgan fingerprint density at radius 2 is 1.95 bits per heavy atom. The molecule has 1 saturated heterocycles. The predicted octanol–water partition coefficient (Wildman–Crippen LogP) is 2.59. The average molecular weight is 295 g/mol. The van der Waals surface area contributed by atoms with Gasteiger partial charge in [-0.3, -0.25) is 0 Å². The Kier molecular flexibility index (Phi) is 5.22. The van der Waals surface area contributed by atoms with Gasteiger partial charge in [-0.1, -0.05) is 44.2 Å². The Balaban J connectivity index is 1.91. The summed E-state index contributed by atoms with van der Waals surface area (Å²) in [6.45, 7) is 5.86. The molecular formula is C16H25NO2S. The largest absolute Gasteiger partial charge is 0.315 e. The zero-order chi connectivity index (χ0) is 14.6. The van der Waals surface area contributed by atoms with Gasteiger partial charge in [0.2, 0.25) is 0 Å². The summed E-state index contributed by atoms with van der Waals surface area (Å²) in [5.41, 5.74) is 1.32. The second-order valence-corrected chi connectivity index (χ2v) is 8.45. The summed E-state index contributed by atoms with van der Waals surface area (Å²) in [6.07, 6.45) is 1.63. The van der Waals surface area contributed by atoms with Gasteiger partial charge in [0.1, 0.15) is 0 Å². The van der Waals surface area contributed by atoms with Crippen LogP contribution in [0.2, 0.25) is 0 Å². The lowest BCUT2D eigenvalue weighted by atomic mass is 9.88. The third-order valence-electron chi connectivity index (χ3n) is 4.23. The number of benzene rings is 1. The molecule has 0 aromatic heterocycles. The van der Waals surface area contributed by atoms with Crippen LogP contribution in [0.1, 0.15) is 38.2 Å². The Morgan fingerprint density at radius 3 is 2.50 bits per heavy atom. The second-order valence-electron chi connectivity index (χ2n) is 6.05. The van der Waals surface area contributed by atoms with Gasteiger partial charge < -0.3 is 5.32 Å². The predicted molar refractivity (Wildman–Crippen MR) is 83.7 cm³/mol. The Bertz CT molecular complexity index is 511. The summed E-state index contributed by atoms with van der Waals surface area (Å²) < 4.78 is 23.6. The van der Waals surface area contributed by atoms with Crippen molar-refractivity contribution in [2.75, 3.05) is 18.8 Å². The highest BCUT2D eigenvalue weighted by Crippen LogP contribution is 2.24. The molecule has 0 amide bonds. The first-order valence-electron chi connectivity index (χ1n) is 7.48. The van der Waals surface area contributed by atoms with Gasteiger partial charge in [-0.15, -0.1) is 0 Å². The maximum Gasteiger partial charge on any atom is 0.154 e. The first-order valence-corrected chi connectivity index (χ1v) is 9.19. The average Bonchev–Trinajstić information content (AvgIpc) is 2.74. The van der Waals surface area contributed by atoms with Gasteiger partial charge in [-0.25, -0.2) is 8.42 Å². The van der Waals surface area contributed by atoms with Crippen molar-refractivity contribution in [2.24, 2.45) is 5.92 Å². The number of hydrogen-bond donors (Lipinski definition) is 1. The van der Waals surface area contributed by atoms with E-state index in [1.54, 1.807) is 0 Å². The van der Waals surface area contributed by atoms with Crippen molar-refractivity contribution in [1.29, 1.82) is 0 Å². The second kappa shape index (κ2) is 6.72. The van der Waals surface area contributed by atoms with Crippen molar-refractivity contribution in [1.82, 2.24) is 5.32 Å². The summed E-state index contributed by atoms with van der Waals surface area (Å²) in [5, 5.41) is 3.21. The van der Waals surface area contributed by atoms with Gasteiger partial charge in [0, 0.05) is 13.1 Å². The maximum atomic E-state index is 11.8. The molecule has 0 spiro atoms. The molecule has 112 valence electrons. The fraction of sp³-hybridized carbons (Fsp3) is 0.625. The summed E-state index contributed by atoms with van der Waals surface area (Å²) in [5.74, 6) is 1.33. The van der Waals surface area contributed by atoms with Crippen LogP contribution in [0.3, 0.4) is 0 Å². The minimum absolute atomic E-state index is 0.175. The smallest absolute Gasteiger partial charge is 0.154 e. The molecule has 2 unspecified atom stereocenters. The molecule has 2 rings (SSSR count). The molecule has 4 heteroatoms. The maximum absolute atomic E-state index is 11.8. The van der Waals surface area contributed by atoms with E-state index in [-0.39, 0.29) is 5.25 Å². The van der Waals surface area contributed by atoms with Crippen LogP contribution in [0.5, 0.6) is 0 Å². The van der Waals surface area contributed by atoms with E-state index in [4.69, 9.17) is 0 Å². The van der Waals surface area contributed by atoms with Crippen LogP contribution in [0.4, 0.5) is 0 Å². The topological polar surface area (TPSA) is 46.2 Å². The highest BCUT2D eigenvalue weighted by molar-refractivity contribution is 7.92. The number of hydrogen-bond acceptors (Lipinski definition) is 3. The van der Waals surface area contributed by atoms with Crippen molar-refractivity contribution < 1.29 is 8.42 Å². The van der Waals surface area contributed by atoms with Gasteiger partial charge in [0.05, 0.1) is 11.0 Å². The van der Waals surface area contributed by atoms with Crippen molar-refractivity contribution in [3.05, 3.63) is 35.9 Å². The molecule has 0 saturated carbocycles. The highest BCUT2D eigenvalue weighted by atomic mass is 32.2. The molecule has 1 fully saturated rings. The fourth-order valence-electron chi connectivity index (χ4n) is 2.93. The van der Waals surface area contributed by atoms with Crippen LogP contribution in [-0.2, 0) is 9.84 Å². The van der Waals surface area contributed by atoms with Crippen LogP contribution in [0.25, 0.3) is 0 Å². The minimum Gasteiger partial charge on any atom is -0.315 e. The summed E-state index contributed by atoms with van der Waals surface area (Å²) in [7, 11) is -2.83. The monoisotopic (exact) mass is 295 g/mol. The molecule has 0 radical (unpaired) electrons. The molecule has 1 aromatic carbocycles. The van der Waals surface area contributed by atoms with Crippen molar-refractivity contribution in [2.45, 2.75) is 37.9 Å². The summed E-state index contributed by atoms with van der Waals surface area (Å²) in [4.78, 5) is 0. The molecule has 1 N–H and O–H groups in total. The van der Waals surface area contributed by atoms with Crippen LogP contribution < -0.4 is 5.32 Å². The van der Waals surface area contributed by atoms with E-state index in [9.17, 15) is 8.42 Å². The standard InChI is InChI=1S/C16H25NO2S/c1-13(2)16(14-7-4-3-5-8-14)12-17-11-15-9-6-10-20(15,18)19/h3-5,7-8,13,15-17H,6,9-12H2,1-2H3. The first-order chi connectivity index (χ1) is 9.50. The molecule has 1 aliphatic rings. The van der Waals surface area contributed by atoms with Gasteiger partial charge in [-0.05, 0) is 30.2 Å². The minimum atomic E-state index is -2.83. The van der Waals surface area contributed by atoms with Gasteiger partial charge in [0.15, 0.2) is 9.84 Å². The van der Waals surface area contributed by atoms with Crippen molar-refractivity contribution in [3.8, 4) is 0 Å². The number of rotatable bonds is 6. The summed E-state index contributed by atoms with van der Waals surface area (Å²) >= 11 is 0. The molecule has 1 aromatic rings. The van der Waals surface area contributed by atoms with E-state index < -0.39 is 9.84 Å². The Labute approximate surface area is 122 Å². The fourth-order valence-corrected chi connectivity index (χ4v) is 4.73. The van der Waals surface area contributed by atoms with Crippen molar-refractivity contribution >= 4 is 9.84 Å². The first kappa shape index (κ1) is 15.5. The lowest BCUT2D eigenvalue weighted by Crippen LogP contribution is -2.34. The lowest BCUT2D eigenvalue weighted by Gasteiger charge is -2.23. The molecule has 1 aliphatic heterocycles. The highest BCUT2D eigenvalue weighted by Gasteiger charge is 2.30. The third-order valence-corrected chi connectivity index (χ3v) is 6.51.